The fraction of sp³-hybridized carbons (Fsp3) is 0.600. The van der Waals surface area contributed by atoms with Crippen LogP contribution in [0.5, 0.6) is 0 Å². The molecule has 4 N–H and O–H groups in total. The Bertz CT molecular complexity index is 543. The molecule has 2 atom stereocenters. The van der Waals surface area contributed by atoms with E-state index in [1.807, 2.05) is 6.07 Å². The number of anilines is 1. The number of fused-ring (bicyclic) bond motifs is 1. The number of pyridine rings is 1. The molecular weight excluding hydrogens is 252 g/mol. The van der Waals surface area contributed by atoms with E-state index in [0.29, 0.717) is 18.0 Å². The predicted octanol–water partition coefficient (Wildman–Crippen LogP) is 1.06. The third-order valence-electron chi connectivity index (χ3n) is 4.54. The van der Waals surface area contributed by atoms with Crippen LogP contribution in [0.25, 0.3) is 0 Å². The molecule has 2 aliphatic rings. The lowest BCUT2D eigenvalue weighted by atomic mass is 9.95. The Morgan fingerprint density at radius 2 is 2.30 bits per heavy atom. The van der Waals surface area contributed by atoms with Gasteiger partial charge in [0.05, 0.1) is 11.7 Å². The van der Waals surface area contributed by atoms with Crippen LogP contribution in [-0.2, 0) is 12.8 Å². The molecule has 2 heterocycles. The molecule has 1 aliphatic carbocycles. The van der Waals surface area contributed by atoms with Crippen molar-refractivity contribution >= 4 is 11.7 Å². The number of nitrogens with one attached hydrogen (secondary N) is 1. The molecule has 1 saturated heterocycles. The normalized spacial score (nSPS) is 25.6. The van der Waals surface area contributed by atoms with Crippen LogP contribution in [0.3, 0.4) is 0 Å². The number of aryl methyl sites for hydroxylation is 2. The fourth-order valence-electron chi connectivity index (χ4n) is 3.14. The number of nitrogen functional groups attached to an aromatic ring is 1. The molecule has 0 amide bonds. The highest BCUT2D eigenvalue weighted by molar-refractivity contribution is 6.00. The number of nitrogens with two attached hydrogens (primary N) is 1. The standard InChI is InChI=1S/C15H22N4O/c1-9-5-6-19(8-13(9)20)15-11(14(16)17)7-10-3-2-4-12(10)18-15/h7,9,13,20H,2-6,8H2,1H3,(H3,16,17). The molecule has 5 nitrogen and oxygen atoms in total. The molecule has 2 unspecified atom stereocenters. The largest absolute Gasteiger partial charge is 0.391 e. The highest BCUT2D eigenvalue weighted by Gasteiger charge is 2.28. The van der Waals surface area contributed by atoms with E-state index in [1.165, 1.54) is 5.56 Å². The minimum absolute atomic E-state index is 0.0651. The number of hydrogen-bond acceptors (Lipinski definition) is 4. The number of hydrogen-bond donors (Lipinski definition) is 3. The number of piperidine rings is 1. The highest BCUT2D eigenvalue weighted by atomic mass is 16.3. The summed E-state index contributed by atoms with van der Waals surface area (Å²) < 4.78 is 0. The summed E-state index contributed by atoms with van der Waals surface area (Å²) in [5.74, 6) is 1.17. The van der Waals surface area contributed by atoms with Gasteiger partial charge in [-0.2, -0.15) is 0 Å². The maximum absolute atomic E-state index is 10.1. The molecule has 0 bridgehead atoms. The van der Waals surface area contributed by atoms with Crippen molar-refractivity contribution in [2.24, 2.45) is 11.7 Å². The van der Waals surface area contributed by atoms with Crippen LogP contribution in [0.4, 0.5) is 5.82 Å². The van der Waals surface area contributed by atoms with Crippen LogP contribution in [0.1, 0.15) is 36.6 Å². The van der Waals surface area contributed by atoms with Gasteiger partial charge in [-0.05, 0) is 43.2 Å². The summed E-state index contributed by atoms with van der Waals surface area (Å²) in [6.45, 7) is 3.52. The van der Waals surface area contributed by atoms with Gasteiger partial charge >= 0.3 is 0 Å². The van der Waals surface area contributed by atoms with Crippen LogP contribution >= 0.6 is 0 Å². The van der Waals surface area contributed by atoms with E-state index in [-0.39, 0.29) is 11.9 Å². The van der Waals surface area contributed by atoms with Gasteiger partial charge in [-0.1, -0.05) is 6.92 Å². The molecule has 20 heavy (non-hydrogen) atoms. The minimum atomic E-state index is -0.335. The minimum Gasteiger partial charge on any atom is -0.391 e. The van der Waals surface area contributed by atoms with Gasteiger partial charge in [0, 0.05) is 18.8 Å². The van der Waals surface area contributed by atoms with Crippen LogP contribution in [0, 0.1) is 11.3 Å². The van der Waals surface area contributed by atoms with Crippen molar-refractivity contribution in [3.8, 4) is 0 Å². The molecule has 3 rings (SSSR count). The van der Waals surface area contributed by atoms with Crippen LogP contribution in [-0.4, -0.2) is 35.1 Å². The number of nitrogens with zero attached hydrogens (tertiary/aromatic N) is 2. The first-order chi connectivity index (χ1) is 9.56. The molecule has 0 radical (unpaired) electrons. The summed E-state index contributed by atoms with van der Waals surface area (Å²) in [7, 11) is 0. The van der Waals surface area contributed by atoms with Gasteiger partial charge in [0.2, 0.25) is 0 Å². The summed E-state index contributed by atoms with van der Waals surface area (Å²) in [5.41, 5.74) is 8.81. The SMILES string of the molecule is CC1CCN(c2nc3c(cc2C(=N)N)CCC3)CC1O. The van der Waals surface area contributed by atoms with Crippen molar-refractivity contribution < 1.29 is 5.11 Å². The van der Waals surface area contributed by atoms with E-state index in [2.05, 4.69) is 11.8 Å². The Morgan fingerprint density at radius 1 is 1.50 bits per heavy atom. The Labute approximate surface area is 119 Å². The number of amidine groups is 1. The average Bonchev–Trinajstić information content (AvgIpc) is 2.87. The Balaban J connectivity index is 1.97. The molecule has 5 heteroatoms. The van der Waals surface area contributed by atoms with Crippen molar-refractivity contribution in [3.63, 3.8) is 0 Å². The molecule has 1 aromatic rings. The average molecular weight is 274 g/mol. The second-order valence-corrected chi connectivity index (χ2v) is 6.01. The lowest BCUT2D eigenvalue weighted by Gasteiger charge is -2.36. The first kappa shape index (κ1) is 13.4. The molecule has 1 aromatic heterocycles. The van der Waals surface area contributed by atoms with Crippen LogP contribution in [0.15, 0.2) is 6.07 Å². The molecule has 1 fully saturated rings. The van der Waals surface area contributed by atoms with Crippen molar-refractivity contribution in [1.82, 2.24) is 4.98 Å². The van der Waals surface area contributed by atoms with Crippen molar-refractivity contribution in [2.75, 3.05) is 18.0 Å². The summed E-state index contributed by atoms with van der Waals surface area (Å²) in [6.07, 6.45) is 3.77. The lowest BCUT2D eigenvalue weighted by molar-refractivity contribution is 0.102. The highest BCUT2D eigenvalue weighted by Crippen LogP contribution is 2.29. The van der Waals surface area contributed by atoms with Gasteiger partial charge in [0.15, 0.2) is 0 Å². The van der Waals surface area contributed by atoms with Gasteiger partial charge in [-0.3, -0.25) is 5.41 Å². The summed E-state index contributed by atoms with van der Waals surface area (Å²) >= 11 is 0. The van der Waals surface area contributed by atoms with Gasteiger partial charge in [-0.15, -0.1) is 0 Å². The topological polar surface area (TPSA) is 86.2 Å². The van der Waals surface area contributed by atoms with Gasteiger partial charge in [0.25, 0.3) is 0 Å². The van der Waals surface area contributed by atoms with Crippen molar-refractivity contribution in [3.05, 3.63) is 22.9 Å². The number of aliphatic hydroxyl groups excluding tert-OH is 1. The molecule has 0 saturated carbocycles. The summed E-state index contributed by atoms with van der Waals surface area (Å²) in [6, 6.07) is 2.03. The van der Waals surface area contributed by atoms with Gasteiger partial charge in [0.1, 0.15) is 11.7 Å². The number of rotatable bonds is 2. The quantitative estimate of drug-likeness (QED) is 0.556. The smallest absolute Gasteiger partial charge is 0.139 e. The number of β-amino-alcohol motifs (C(OH)–C–C–N with tert-alkyl or cyclic N) is 1. The van der Waals surface area contributed by atoms with E-state index < -0.39 is 0 Å². The van der Waals surface area contributed by atoms with Gasteiger partial charge in [-0.25, -0.2) is 4.98 Å². The van der Waals surface area contributed by atoms with E-state index in [1.54, 1.807) is 0 Å². The molecular formula is C15H22N4O. The number of aliphatic hydroxyl groups is 1. The van der Waals surface area contributed by atoms with Crippen molar-refractivity contribution in [2.45, 2.75) is 38.7 Å². The van der Waals surface area contributed by atoms with E-state index in [0.717, 1.165) is 43.7 Å². The molecule has 0 aromatic carbocycles. The maximum Gasteiger partial charge on any atom is 0.139 e. The van der Waals surface area contributed by atoms with Gasteiger partial charge < -0.3 is 15.7 Å². The zero-order valence-corrected chi connectivity index (χ0v) is 11.9. The summed E-state index contributed by atoms with van der Waals surface area (Å²) in [4.78, 5) is 6.83. The second-order valence-electron chi connectivity index (χ2n) is 6.01. The third-order valence-corrected chi connectivity index (χ3v) is 4.54. The van der Waals surface area contributed by atoms with E-state index in [4.69, 9.17) is 16.1 Å². The zero-order chi connectivity index (χ0) is 14.3. The first-order valence-corrected chi connectivity index (χ1v) is 7.36. The predicted molar refractivity (Wildman–Crippen MR) is 79.3 cm³/mol. The van der Waals surface area contributed by atoms with Crippen LogP contribution in [0.2, 0.25) is 0 Å². The third kappa shape index (κ3) is 2.26. The molecule has 108 valence electrons. The van der Waals surface area contributed by atoms with E-state index >= 15 is 0 Å². The zero-order valence-electron chi connectivity index (χ0n) is 11.9. The Kier molecular flexibility index (Phi) is 3.38. The second kappa shape index (κ2) is 5.05. The summed E-state index contributed by atoms with van der Waals surface area (Å²) in [5, 5.41) is 17.9. The maximum atomic E-state index is 10.1. The lowest BCUT2D eigenvalue weighted by Crippen LogP contribution is -2.44. The molecule has 1 aliphatic heterocycles. The Hall–Kier alpha value is -1.62. The fourth-order valence-corrected chi connectivity index (χ4v) is 3.14. The first-order valence-electron chi connectivity index (χ1n) is 7.36. The monoisotopic (exact) mass is 274 g/mol. The molecule has 0 spiro atoms. The van der Waals surface area contributed by atoms with Crippen LogP contribution < -0.4 is 10.6 Å². The van der Waals surface area contributed by atoms with E-state index in [9.17, 15) is 5.11 Å². The van der Waals surface area contributed by atoms with Crippen molar-refractivity contribution in [1.29, 1.82) is 5.41 Å². The number of aromatic nitrogens is 1. The Morgan fingerprint density at radius 3 is 3.00 bits per heavy atom.